The predicted octanol–water partition coefficient (Wildman–Crippen LogP) is 1.05. The average Bonchev–Trinajstić information content (AvgIpc) is 1.89. The molecule has 0 aromatic carbocycles. The van der Waals surface area contributed by atoms with Crippen LogP contribution in [-0.2, 0) is 14.2 Å². The van der Waals surface area contributed by atoms with Gasteiger partial charge in [0.1, 0.15) is 5.62 Å². The number of hydrogen-bond donors (Lipinski definition) is 0. The molecule has 0 N–H and O–H groups in total. The van der Waals surface area contributed by atoms with Gasteiger partial charge in [-0.15, -0.1) is 21.1 Å². The van der Waals surface area contributed by atoms with Crippen molar-refractivity contribution in [3.63, 3.8) is 0 Å². The molecule has 0 aliphatic rings. The fourth-order valence-electron chi connectivity index (χ4n) is 0.203. The Hall–Kier alpha value is -0.720. The Morgan fingerprint density at radius 2 is 1.70 bits per heavy atom. The number of alkyl halides is 1. The molecule has 0 aromatic rings. The highest BCUT2D eigenvalue weighted by molar-refractivity contribution is 7.63. The third-order valence-electron chi connectivity index (χ3n) is 0.550. The first kappa shape index (κ1) is 9.28. The Labute approximate surface area is 61.3 Å². The lowest BCUT2D eigenvalue weighted by Gasteiger charge is -1.93. The molecule has 10 heavy (non-hydrogen) atoms. The van der Waals surface area contributed by atoms with Crippen molar-refractivity contribution >= 4 is 31.2 Å². The Bertz CT molecular complexity index is 230. The summed E-state index contributed by atoms with van der Waals surface area (Å²) in [6.07, 6.45) is 2.00. The molecule has 0 radical (unpaired) electrons. The molecule has 0 rings (SSSR count). The molecule has 0 heterocycles. The first-order chi connectivity index (χ1) is 4.68. The fourth-order valence-corrected chi connectivity index (χ4v) is 0.931. The van der Waals surface area contributed by atoms with Crippen LogP contribution in [0.4, 0.5) is 0 Å². The Morgan fingerprint density at radius 1 is 1.30 bits per heavy atom. The van der Waals surface area contributed by atoms with Gasteiger partial charge in [-0.1, -0.05) is 0 Å². The molecule has 0 atom stereocenters. The minimum atomic E-state index is -3.53. The topological polar surface area (TPSA) is 75.9 Å². The zero-order valence-corrected chi connectivity index (χ0v) is 6.30. The highest BCUT2D eigenvalue weighted by Gasteiger charge is 2.17. The molecule has 0 saturated heterocycles. The predicted molar refractivity (Wildman–Crippen MR) is 34.6 cm³/mol. The Kier molecular flexibility index (Phi) is 3.85. The third-order valence-corrected chi connectivity index (χ3v) is 2.58. The van der Waals surface area contributed by atoms with Crippen molar-refractivity contribution in [1.82, 2.24) is 0 Å². The van der Waals surface area contributed by atoms with E-state index in [0.29, 0.717) is 0 Å². The van der Waals surface area contributed by atoms with E-state index in [9.17, 15) is 14.2 Å². The summed E-state index contributed by atoms with van der Waals surface area (Å²) in [6.45, 7) is 0. The number of rotatable bonds is 3. The first-order valence-electron chi connectivity index (χ1n) is 2.02. The summed E-state index contributed by atoms with van der Waals surface area (Å²) >= 11 is 5.06. The molecule has 54 valence electrons. The standard InChI is InChI=1S/C3H2ClN2O3P/c4-1-10(9,5-2-7)6-3-8/h1H2. The number of carbonyl (C=O) groups excluding carboxylic acids is 2. The van der Waals surface area contributed by atoms with Gasteiger partial charge in [-0.2, -0.15) is 0 Å². The molecule has 0 fully saturated rings. The molecule has 0 unspecified atom stereocenters. The van der Waals surface area contributed by atoms with Crippen LogP contribution in [0.3, 0.4) is 0 Å². The monoisotopic (exact) mass is 180 g/mol. The molecule has 0 amide bonds. The van der Waals surface area contributed by atoms with Crippen molar-refractivity contribution < 1.29 is 14.2 Å². The van der Waals surface area contributed by atoms with Gasteiger partial charge >= 0.3 is 7.44 Å². The maximum absolute atomic E-state index is 10.8. The van der Waals surface area contributed by atoms with E-state index in [0.717, 1.165) is 12.2 Å². The summed E-state index contributed by atoms with van der Waals surface area (Å²) in [5.74, 6) is 0. The minimum Gasteiger partial charge on any atom is -0.269 e. The van der Waals surface area contributed by atoms with E-state index < -0.39 is 13.1 Å². The number of hydrogen-bond acceptors (Lipinski definition) is 3. The Balaban J connectivity index is 4.72. The number of isocyanates is 2. The van der Waals surface area contributed by atoms with E-state index in [1.807, 2.05) is 0 Å². The van der Waals surface area contributed by atoms with E-state index >= 15 is 0 Å². The lowest BCUT2D eigenvalue weighted by Crippen LogP contribution is -1.72. The van der Waals surface area contributed by atoms with E-state index in [1.54, 1.807) is 0 Å². The second kappa shape index (κ2) is 4.15. The molecule has 0 aliphatic carbocycles. The second-order valence-corrected chi connectivity index (χ2v) is 3.85. The van der Waals surface area contributed by atoms with Gasteiger partial charge in [0.2, 0.25) is 12.2 Å². The van der Waals surface area contributed by atoms with Gasteiger partial charge in [0.25, 0.3) is 0 Å². The van der Waals surface area contributed by atoms with Gasteiger partial charge < -0.3 is 0 Å². The van der Waals surface area contributed by atoms with Gasteiger partial charge in [-0.05, 0) is 0 Å². The van der Waals surface area contributed by atoms with Gasteiger partial charge in [-0.3, -0.25) is 4.57 Å². The van der Waals surface area contributed by atoms with Crippen LogP contribution >= 0.6 is 19.0 Å². The molecule has 5 nitrogen and oxygen atoms in total. The van der Waals surface area contributed by atoms with Crippen molar-refractivity contribution in [2.24, 2.45) is 9.53 Å². The molecule has 0 spiro atoms. The molecule has 0 aliphatic heterocycles. The zero-order valence-electron chi connectivity index (χ0n) is 4.65. The zero-order chi connectivity index (χ0) is 8.04. The van der Waals surface area contributed by atoms with Crippen LogP contribution in [0.2, 0.25) is 0 Å². The SMILES string of the molecule is O=C=NP(=O)(CCl)N=C=O. The molecule has 0 bridgehead atoms. The smallest absolute Gasteiger partial charge is 0.269 e. The van der Waals surface area contributed by atoms with Crippen molar-refractivity contribution in [2.75, 3.05) is 5.62 Å². The van der Waals surface area contributed by atoms with E-state index in [2.05, 4.69) is 9.53 Å². The maximum Gasteiger partial charge on any atom is 0.334 e. The van der Waals surface area contributed by atoms with E-state index in [4.69, 9.17) is 11.6 Å². The van der Waals surface area contributed by atoms with Crippen LogP contribution in [0.5, 0.6) is 0 Å². The van der Waals surface area contributed by atoms with Crippen LogP contribution in [0, 0.1) is 0 Å². The molecule has 0 saturated carbocycles. The van der Waals surface area contributed by atoms with Gasteiger partial charge in [0, 0.05) is 0 Å². The summed E-state index contributed by atoms with van der Waals surface area (Å²) in [4.78, 5) is 19.1. The largest absolute Gasteiger partial charge is 0.334 e. The first-order valence-corrected chi connectivity index (χ1v) is 4.35. The summed E-state index contributed by atoms with van der Waals surface area (Å²) in [5.41, 5.74) is -0.489. The molecular formula is C3H2ClN2O3P. The fraction of sp³-hybridized carbons (Fsp3) is 0.333. The molecule has 0 aromatic heterocycles. The third kappa shape index (κ3) is 2.72. The van der Waals surface area contributed by atoms with Crippen LogP contribution < -0.4 is 0 Å². The highest BCUT2D eigenvalue weighted by Crippen LogP contribution is 2.48. The molecular weight excluding hydrogens is 178 g/mol. The van der Waals surface area contributed by atoms with E-state index in [1.165, 1.54) is 0 Å². The molecule has 7 heteroatoms. The number of halogens is 1. The average molecular weight is 180 g/mol. The Morgan fingerprint density at radius 3 is 1.90 bits per heavy atom. The van der Waals surface area contributed by atoms with Crippen molar-refractivity contribution in [3.05, 3.63) is 0 Å². The van der Waals surface area contributed by atoms with Crippen LogP contribution in [0.15, 0.2) is 9.53 Å². The van der Waals surface area contributed by atoms with Crippen molar-refractivity contribution in [3.8, 4) is 0 Å². The quantitative estimate of drug-likeness (QED) is 0.282. The van der Waals surface area contributed by atoms with Gasteiger partial charge in [0.05, 0.1) is 0 Å². The summed E-state index contributed by atoms with van der Waals surface area (Å²) in [7, 11) is -3.53. The second-order valence-electron chi connectivity index (χ2n) is 1.17. The lowest BCUT2D eigenvalue weighted by atomic mass is 11.7. The normalized spacial score (nSPS) is 14.1. The van der Waals surface area contributed by atoms with E-state index in [-0.39, 0.29) is 0 Å². The lowest BCUT2D eigenvalue weighted by molar-refractivity contribution is 0.559. The summed E-state index contributed by atoms with van der Waals surface area (Å²) < 4.78 is 16.3. The van der Waals surface area contributed by atoms with Gasteiger partial charge in [0.15, 0.2) is 0 Å². The summed E-state index contributed by atoms with van der Waals surface area (Å²) in [6, 6.07) is 0. The van der Waals surface area contributed by atoms with Crippen LogP contribution in [0.25, 0.3) is 0 Å². The van der Waals surface area contributed by atoms with Crippen molar-refractivity contribution in [1.29, 1.82) is 0 Å². The number of nitrogens with zero attached hydrogens (tertiary/aromatic N) is 2. The van der Waals surface area contributed by atoms with Crippen molar-refractivity contribution in [2.45, 2.75) is 0 Å². The van der Waals surface area contributed by atoms with Crippen LogP contribution in [0.1, 0.15) is 0 Å². The van der Waals surface area contributed by atoms with Crippen LogP contribution in [-0.4, -0.2) is 17.8 Å². The van der Waals surface area contributed by atoms with Gasteiger partial charge in [-0.25, -0.2) is 9.59 Å². The summed E-state index contributed by atoms with van der Waals surface area (Å²) in [5, 5.41) is 0. The minimum absolute atomic E-state index is 0.489. The highest BCUT2D eigenvalue weighted by atomic mass is 35.5. The maximum atomic E-state index is 10.8.